The van der Waals surface area contributed by atoms with Gasteiger partial charge in [-0.3, -0.25) is 4.79 Å². The zero-order chi connectivity index (χ0) is 14.5. The van der Waals surface area contributed by atoms with Crippen LogP contribution < -0.4 is 10.6 Å². The fraction of sp³-hybridized carbons (Fsp3) is 0.933. The molecule has 0 aromatic carbocycles. The molecule has 1 amide bonds. The highest BCUT2D eigenvalue weighted by molar-refractivity contribution is 5.81. The van der Waals surface area contributed by atoms with Gasteiger partial charge < -0.3 is 15.5 Å². The fourth-order valence-corrected chi connectivity index (χ4v) is 2.34. The first-order chi connectivity index (χ1) is 8.85. The van der Waals surface area contributed by atoms with Crippen molar-refractivity contribution in [2.75, 3.05) is 20.1 Å². The molecule has 2 atom stereocenters. The topological polar surface area (TPSA) is 44.4 Å². The van der Waals surface area contributed by atoms with Gasteiger partial charge in [0.05, 0.1) is 6.04 Å². The third kappa shape index (κ3) is 5.49. The van der Waals surface area contributed by atoms with Gasteiger partial charge in [-0.05, 0) is 53.6 Å². The second-order valence-corrected chi connectivity index (χ2v) is 6.49. The number of piperidine rings is 1. The Kier molecular flexibility index (Phi) is 6.27. The van der Waals surface area contributed by atoms with Crippen molar-refractivity contribution < 1.29 is 4.79 Å². The molecule has 1 aliphatic heterocycles. The number of likely N-dealkylation sites (tertiary alicyclic amines) is 1. The fourth-order valence-electron chi connectivity index (χ4n) is 2.34. The summed E-state index contributed by atoms with van der Waals surface area (Å²) in [5, 5.41) is 6.47. The van der Waals surface area contributed by atoms with Gasteiger partial charge in [0.15, 0.2) is 0 Å². The first-order valence-electron chi connectivity index (χ1n) is 7.61. The van der Waals surface area contributed by atoms with Crippen molar-refractivity contribution in [3.8, 4) is 0 Å². The van der Waals surface area contributed by atoms with Gasteiger partial charge in [-0.25, -0.2) is 0 Å². The summed E-state index contributed by atoms with van der Waals surface area (Å²) in [5.41, 5.74) is -0.116. The number of carbonyl (C=O) groups is 1. The second kappa shape index (κ2) is 7.25. The van der Waals surface area contributed by atoms with Crippen LogP contribution in [0.2, 0.25) is 0 Å². The molecular weight excluding hydrogens is 238 g/mol. The van der Waals surface area contributed by atoms with Crippen molar-refractivity contribution >= 4 is 5.91 Å². The van der Waals surface area contributed by atoms with Crippen LogP contribution in [0, 0.1) is 0 Å². The highest BCUT2D eigenvalue weighted by atomic mass is 16.2. The SMILES string of the molecule is CCC(C)(C)NC(=O)C(C)NCC1CCCCN1C. The largest absolute Gasteiger partial charge is 0.350 e. The molecule has 112 valence electrons. The van der Waals surface area contributed by atoms with E-state index in [1.807, 2.05) is 6.92 Å². The molecule has 2 unspecified atom stereocenters. The van der Waals surface area contributed by atoms with Crippen LogP contribution in [0.3, 0.4) is 0 Å². The predicted octanol–water partition coefficient (Wildman–Crippen LogP) is 1.75. The molecule has 4 heteroatoms. The van der Waals surface area contributed by atoms with E-state index in [1.165, 1.54) is 25.8 Å². The molecule has 1 saturated heterocycles. The summed E-state index contributed by atoms with van der Waals surface area (Å²) in [6.07, 6.45) is 4.78. The molecular formula is C15H31N3O. The number of hydrogen-bond acceptors (Lipinski definition) is 3. The van der Waals surface area contributed by atoms with Crippen LogP contribution in [0.1, 0.15) is 53.4 Å². The Labute approximate surface area is 118 Å². The lowest BCUT2D eigenvalue weighted by atomic mass is 10.0. The number of likely N-dealkylation sites (N-methyl/N-ethyl adjacent to an activating group) is 1. The third-order valence-electron chi connectivity index (χ3n) is 4.32. The number of rotatable bonds is 6. The van der Waals surface area contributed by atoms with Crippen molar-refractivity contribution in [1.82, 2.24) is 15.5 Å². The zero-order valence-corrected chi connectivity index (χ0v) is 13.3. The molecule has 1 heterocycles. The van der Waals surface area contributed by atoms with Crippen LogP contribution in [0.5, 0.6) is 0 Å². The average molecular weight is 269 g/mol. The van der Waals surface area contributed by atoms with Crippen LogP contribution in [0.4, 0.5) is 0 Å². The van der Waals surface area contributed by atoms with Crippen LogP contribution in [-0.2, 0) is 4.79 Å². The minimum absolute atomic E-state index is 0.102. The van der Waals surface area contributed by atoms with E-state index in [0.717, 1.165) is 13.0 Å². The molecule has 0 aliphatic carbocycles. The van der Waals surface area contributed by atoms with Gasteiger partial charge in [-0.1, -0.05) is 13.3 Å². The van der Waals surface area contributed by atoms with Crippen LogP contribution in [0.15, 0.2) is 0 Å². The number of carbonyl (C=O) groups excluding carboxylic acids is 1. The Morgan fingerprint density at radius 3 is 2.68 bits per heavy atom. The van der Waals surface area contributed by atoms with Gasteiger partial charge >= 0.3 is 0 Å². The van der Waals surface area contributed by atoms with E-state index >= 15 is 0 Å². The maximum atomic E-state index is 12.1. The van der Waals surface area contributed by atoms with Crippen LogP contribution in [0.25, 0.3) is 0 Å². The summed E-state index contributed by atoms with van der Waals surface area (Å²) in [6.45, 7) is 10.2. The standard InChI is InChI=1S/C15H31N3O/c1-6-15(3,4)17-14(19)12(2)16-11-13-9-7-8-10-18(13)5/h12-13,16H,6-11H2,1-5H3,(H,17,19). The lowest BCUT2D eigenvalue weighted by Gasteiger charge is -2.33. The van der Waals surface area contributed by atoms with Crippen molar-refractivity contribution in [3.05, 3.63) is 0 Å². The van der Waals surface area contributed by atoms with E-state index in [0.29, 0.717) is 6.04 Å². The quantitative estimate of drug-likeness (QED) is 0.772. The smallest absolute Gasteiger partial charge is 0.237 e. The lowest BCUT2D eigenvalue weighted by Crippen LogP contribution is -2.53. The maximum Gasteiger partial charge on any atom is 0.237 e. The predicted molar refractivity (Wildman–Crippen MR) is 80.2 cm³/mol. The Morgan fingerprint density at radius 2 is 2.11 bits per heavy atom. The van der Waals surface area contributed by atoms with E-state index in [2.05, 4.69) is 43.4 Å². The molecule has 0 aromatic rings. The minimum atomic E-state index is -0.124. The van der Waals surface area contributed by atoms with E-state index in [1.54, 1.807) is 0 Å². The Hall–Kier alpha value is -0.610. The number of hydrogen-bond donors (Lipinski definition) is 2. The zero-order valence-electron chi connectivity index (χ0n) is 13.3. The number of nitrogens with one attached hydrogen (secondary N) is 2. The van der Waals surface area contributed by atoms with Crippen molar-refractivity contribution in [2.24, 2.45) is 0 Å². The van der Waals surface area contributed by atoms with Crippen molar-refractivity contribution in [1.29, 1.82) is 0 Å². The van der Waals surface area contributed by atoms with Crippen LogP contribution >= 0.6 is 0 Å². The molecule has 0 spiro atoms. The lowest BCUT2D eigenvalue weighted by molar-refractivity contribution is -0.124. The molecule has 2 N–H and O–H groups in total. The number of nitrogens with zero attached hydrogens (tertiary/aromatic N) is 1. The monoisotopic (exact) mass is 269 g/mol. The Balaban J connectivity index is 2.33. The molecule has 0 saturated carbocycles. The second-order valence-electron chi connectivity index (χ2n) is 6.49. The summed E-state index contributed by atoms with van der Waals surface area (Å²) in [7, 11) is 2.18. The first-order valence-corrected chi connectivity index (χ1v) is 7.61. The van der Waals surface area contributed by atoms with Crippen molar-refractivity contribution in [2.45, 2.75) is 71.0 Å². The van der Waals surface area contributed by atoms with E-state index in [9.17, 15) is 4.79 Å². The van der Waals surface area contributed by atoms with Gasteiger partial charge in [0.2, 0.25) is 5.91 Å². The number of amides is 1. The van der Waals surface area contributed by atoms with Gasteiger partial charge in [0.25, 0.3) is 0 Å². The summed E-state index contributed by atoms with van der Waals surface area (Å²) in [5.74, 6) is 0.102. The molecule has 1 fully saturated rings. The molecule has 19 heavy (non-hydrogen) atoms. The molecule has 0 radical (unpaired) electrons. The van der Waals surface area contributed by atoms with Crippen molar-refractivity contribution in [3.63, 3.8) is 0 Å². The first kappa shape index (κ1) is 16.4. The molecule has 0 aromatic heterocycles. The van der Waals surface area contributed by atoms with Gasteiger partial charge in [-0.2, -0.15) is 0 Å². The molecule has 1 rings (SSSR count). The maximum absolute atomic E-state index is 12.1. The summed E-state index contributed by atoms with van der Waals surface area (Å²) < 4.78 is 0. The summed E-state index contributed by atoms with van der Waals surface area (Å²) in [6, 6.07) is 0.448. The summed E-state index contributed by atoms with van der Waals surface area (Å²) >= 11 is 0. The third-order valence-corrected chi connectivity index (χ3v) is 4.32. The molecule has 1 aliphatic rings. The van der Waals surface area contributed by atoms with Crippen LogP contribution in [-0.4, -0.2) is 48.6 Å². The van der Waals surface area contributed by atoms with E-state index in [4.69, 9.17) is 0 Å². The normalized spacial score (nSPS) is 23.1. The Bertz CT molecular complexity index is 291. The average Bonchev–Trinajstić information content (AvgIpc) is 2.37. The molecule has 0 bridgehead atoms. The van der Waals surface area contributed by atoms with E-state index < -0.39 is 0 Å². The Morgan fingerprint density at radius 1 is 1.42 bits per heavy atom. The van der Waals surface area contributed by atoms with Gasteiger partial charge in [-0.15, -0.1) is 0 Å². The van der Waals surface area contributed by atoms with Gasteiger partial charge in [0.1, 0.15) is 0 Å². The highest BCUT2D eigenvalue weighted by Crippen LogP contribution is 2.14. The van der Waals surface area contributed by atoms with Gasteiger partial charge in [0, 0.05) is 18.1 Å². The summed E-state index contributed by atoms with van der Waals surface area (Å²) in [4.78, 5) is 14.5. The highest BCUT2D eigenvalue weighted by Gasteiger charge is 2.23. The van der Waals surface area contributed by atoms with E-state index in [-0.39, 0.29) is 17.5 Å². The minimum Gasteiger partial charge on any atom is -0.350 e. The molecule has 4 nitrogen and oxygen atoms in total.